The number of methoxy groups -OCH3 is 2. The van der Waals surface area contributed by atoms with Crippen molar-refractivity contribution >= 4 is 17.4 Å². The Bertz CT molecular complexity index is 1040. The number of hydrogen-bond acceptors (Lipinski definition) is 6. The largest absolute Gasteiger partial charge is 0.507 e. The minimum Gasteiger partial charge on any atom is -0.507 e. The minimum absolute atomic E-state index is 0.0583. The third-order valence-corrected chi connectivity index (χ3v) is 5.58. The van der Waals surface area contributed by atoms with E-state index in [1.165, 1.54) is 12.0 Å². The number of ketones is 1. The van der Waals surface area contributed by atoms with Gasteiger partial charge in [-0.3, -0.25) is 9.59 Å². The molecule has 1 fully saturated rings. The van der Waals surface area contributed by atoms with Gasteiger partial charge >= 0.3 is 0 Å². The highest BCUT2D eigenvalue weighted by Gasteiger charge is 2.46. The van der Waals surface area contributed by atoms with E-state index in [0.29, 0.717) is 29.2 Å². The molecule has 7 nitrogen and oxygen atoms in total. The molecule has 0 aromatic heterocycles. The first-order chi connectivity index (χ1) is 15.3. The van der Waals surface area contributed by atoms with Crippen molar-refractivity contribution in [1.29, 1.82) is 0 Å². The SMILES string of the molecule is CCOc1ccc(C2/C(=C(\O)c3cc(C)c(OC)cc3C)C(=O)C(=O)N2CCOC)cc1. The summed E-state index contributed by atoms with van der Waals surface area (Å²) in [5, 5.41) is 11.3. The van der Waals surface area contributed by atoms with Gasteiger partial charge in [0.05, 0.1) is 31.9 Å². The van der Waals surface area contributed by atoms with E-state index in [4.69, 9.17) is 14.2 Å². The van der Waals surface area contributed by atoms with Crippen molar-refractivity contribution in [1.82, 2.24) is 4.90 Å². The van der Waals surface area contributed by atoms with Crippen LogP contribution in [0.5, 0.6) is 11.5 Å². The van der Waals surface area contributed by atoms with E-state index in [9.17, 15) is 14.7 Å². The Labute approximate surface area is 188 Å². The maximum atomic E-state index is 13.1. The molecule has 1 N–H and O–H groups in total. The Balaban J connectivity index is 2.17. The average molecular weight is 440 g/mol. The first-order valence-corrected chi connectivity index (χ1v) is 10.5. The number of Topliss-reactive ketones (excluding diaryl/α,β-unsaturated/α-hetero) is 1. The first-order valence-electron chi connectivity index (χ1n) is 10.5. The third kappa shape index (κ3) is 4.34. The molecule has 7 heteroatoms. The molecule has 2 aromatic rings. The molecule has 32 heavy (non-hydrogen) atoms. The molecule has 1 unspecified atom stereocenters. The van der Waals surface area contributed by atoms with Gasteiger partial charge in [-0.05, 0) is 61.7 Å². The van der Waals surface area contributed by atoms with Crippen LogP contribution in [0.3, 0.4) is 0 Å². The standard InChI is InChI=1S/C25H29NO6/c1-6-32-18-9-7-17(8-10-18)22-21(24(28)25(29)26(22)11-12-30-4)23(27)19-13-16(3)20(31-5)14-15(19)2/h7-10,13-14,22,27H,6,11-12H2,1-5H3/b23-21+. The van der Waals surface area contributed by atoms with E-state index in [1.807, 2.05) is 20.8 Å². The van der Waals surface area contributed by atoms with E-state index in [-0.39, 0.29) is 24.5 Å². The lowest BCUT2D eigenvalue weighted by atomic mass is 9.93. The highest BCUT2D eigenvalue weighted by Crippen LogP contribution is 2.40. The number of aliphatic hydroxyl groups is 1. The molecular weight excluding hydrogens is 410 g/mol. The van der Waals surface area contributed by atoms with E-state index < -0.39 is 17.7 Å². The number of likely N-dealkylation sites (tertiary alicyclic amines) is 1. The number of aryl methyl sites for hydroxylation is 2. The van der Waals surface area contributed by atoms with Crippen molar-refractivity contribution in [3.8, 4) is 11.5 Å². The van der Waals surface area contributed by atoms with Crippen LogP contribution in [0.4, 0.5) is 0 Å². The zero-order valence-corrected chi connectivity index (χ0v) is 19.1. The summed E-state index contributed by atoms with van der Waals surface area (Å²) in [5.41, 5.74) is 2.80. The van der Waals surface area contributed by atoms with E-state index in [1.54, 1.807) is 43.5 Å². The molecule has 3 rings (SSSR count). The number of aliphatic hydroxyl groups excluding tert-OH is 1. The van der Waals surface area contributed by atoms with Gasteiger partial charge in [0.2, 0.25) is 0 Å². The minimum atomic E-state index is -0.734. The van der Waals surface area contributed by atoms with Crippen LogP contribution >= 0.6 is 0 Å². The highest BCUT2D eigenvalue weighted by molar-refractivity contribution is 6.46. The molecule has 1 aliphatic rings. The fourth-order valence-electron chi connectivity index (χ4n) is 3.97. The van der Waals surface area contributed by atoms with Crippen molar-refractivity contribution < 1.29 is 28.9 Å². The summed E-state index contributed by atoms with van der Waals surface area (Å²) in [6.07, 6.45) is 0. The van der Waals surface area contributed by atoms with Crippen LogP contribution in [0.2, 0.25) is 0 Å². The molecule has 1 heterocycles. The lowest BCUT2D eigenvalue weighted by Crippen LogP contribution is -2.32. The lowest BCUT2D eigenvalue weighted by Gasteiger charge is -2.25. The number of ether oxygens (including phenoxy) is 3. The first kappa shape index (κ1) is 23.3. The number of rotatable bonds is 8. The number of hydrogen-bond donors (Lipinski definition) is 1. The predicted molar refractivity (Wildman–Crippen MR) is 121 cm³/mol. The van der Waals surface area contributed by atoms with Crippen LogP contribution < -0.4 is 9.47 Å². The monoisotopic (exact) mass is 439 g/mol. The number of carbonyl (C=O) groups is 2. The van der Waals surface area contributed by atoms with Crippen molar-refractivity contribution in [3.05, 3.63) is 64.2 Å². The summed E-state index contributed by atoms with van der Waals surface area (Å²) in [7, 11) is 3.11. The van der Waals surface area contributed by atoms with E-state index in [2.05, 4.69) is 0 Å². The summed E-state index contributed by atoms with van der Waals surface area (Å²) in [5.74, 6) is -0.212. The Morgan fingerprint density at radius 3 is 2.34 bits per heavy atom. The van der Waals surface area contributed by atoms with Crippen LogP contribution in [0.15, 0.2) is 42.0 Å². The molecule has 0 saturated carbocycles. The molecule has 0 spiro atoms. The second-order valence-electron chi connectivity index (χ2n) is 7.62. The second kappa shape index (κ2) is 9.87. The van der Waals surface area contributed by atoms with Gasteiger partial charge in [-0.2, -0.15) is 0 Å². The quantitative estimate of drug-likeness (QED) is 0.383. The molecule has 1 saturated heterocycles. The summed E-state index contributed by atoms with van der Waals surface area (Å²) in [4.78, 5) is 27.4. The zero-order chi connectivity index (χ0) is 23.4. The maximum absolute atomic E-state index is 13.1. The normalized spacial score (nSPS) is 17.7. The fourth-order valence-corrected chi connectivity index (χ4v) is 3.97. The van der Waals surface area contributed by atoms with Gasteiger partial charge in [0.15, 0.2) is 0 Å². The van der Waals surface area contributed by atoms with E-state index >= 15 is 0 Å². The molecule has 2 aromatic carbocycles. The second-order valence-corrected chi connectivity index (χ2v) is 7.62. The van der Waals surface area contributed by atoms with Gasteiger partial charge in [0.25, 0.3) is 11.7 Å². The van der Waals surface area contributed by atoms with Gasteiger partial charge in [-0.25, -0.2) is 0 Å². The van der Waals surface area contributed by atoms with E-state index in [0.717, 1.165) is 11.1 Å². The molecular formula is C25H29NO6. The van der Waals surface area contributed by atoms with Crippen LogP contribution in [-0.4, -0.2) is 55.7 Å². The molecule has 0 bridgehead atoms. The Hall–Kier alpha value is -3.32. The van der Waals surface area contributed by atoms with Gasteiger partial charge in [-0.1, -0.05) is 12.1 Å². The smallest absolute Gasteiger partial charge is 0.295 e. The van der Waals surface area contributed by atoms with Gasteiger partial charge in [-0.15, -0.1) is 0 Å². The maximum Gasteiger partial charge on any atom is 0.295 e. The van der Waals surface area contributed by atoms with Crippen molar-refractivity contribution in [2.24, 2.45) is 0 Å². The number of nitrogens with zero attached hydrogens (tertiary/aromatic N) is 1. The van der Waals surface area contributed by atoms with Crippen LogP contribution in [0, 0.1) is 13.8 Å². The molecule has 0 radical (unpaired) electrons. The Morgan fingerprint density at radius 2 is 1.75 bits per heavy atom. The van der Waals surface area contributed by atoms with Crippen molar-refractivity contribution in [2.75, 3.05) is 34.0 Å². The van der Waals surface area contributed by atoms with Gasteiger partial charge < -0.3 is 24.2 Å². The zero-order valence-electron chi connectivity index (χ0n) is 19.1. The Morgan fingerprint density at radius 1 is 1.06 bits per heavy atom. The average Bonchev–Trinajstić information content (AvgIpc) is 3.04. The number of carbonyl (C=O) groups excluding carboxylic acids is 2. The molecule has 1 atom stereocenters. The Kier molecular flexibility index (Phi) is 7.20. The third-order valence-electron chi connectivity index (χ3n) is 5.58. The van der Waals surface area contributed by atoms with Crippen LogP contribution in [0.1, 0.15) is 35.2 Å². The van der Waals surface area contributed by atoms with Crippen LogP contribution in [-0.2, 0) is 14.3 Å². The highest BCUT2D eigenvalue weighted by atomic mass is 16.5. The summed E-state index contributed by atoms with van der Waals surface area (Å²) >= 11 is 0. The summed E-state index contributed by atoms with van der Waals surface area (Å²) in [6.45, 7) is 6.59. The van der Waals surface area contributed by atoms with Crippen LogP contribution in [0.25, 0.3) is 5.76 Å². The molecule has 1 aliphatic heterocycles. The molecule has 0 aliphatic carbocycles. The summed E-state index contributed by atoms with van der Waals surface area (Å²) in [6, 6.07) is 10.0. The fraction of sp³-hybridized carbons (Fsp3) is 0.360. The summed E-state index contributed by atoms with van der Waals surface area (Å²) < 4.78 is 16.0. The van der Waals surface area contributed by atoms with Crippen molar-refractivity contribution in [2.45, 2.75) is 26.8 Å². The topological polar surface area (TPSA) is 85.3 Å². The number of amides is 1. The molecule has 1 amide bonds. The number of benzene rings is 2. The predicted octanol–water partition coefficient (Wildman–Crippen LogP) is 3.78. The van der Waals surface area contributed by atoms with Crippen molar-refractivity contribution in [3.63, 3.8) is 0 Å². The lowest BCUT2D eigenvalue weighted by molar-refractivity contribution is -0.140. The van der Waals surface area contributed by atoms with Gasteiger partial charge in [0.1, 0.15) is 17.3 Å². The van der Waals surface area contributed by atoms with Gasteiger partial charge in [0, 0.05) is 19.2 Å². The molecule has 170 valence electrons.